The van der Waals surface area contributed by atoms with Crippen molar-refractivity contribution >= 4 is 6.03 Å². The van der Waals surface area contributed by atoms with Crippen molar-refractivity contribution in [3.63, 3.8) is 0 Å². The molecule has 1 aromatic heterocycles. The zero-order valence-electron chi connectivity index (χ0n) is 18.0. The highest BCUT2D eigenvalue weighted by molar-refractivity contribution is 5.73. The molecule has 0 bridgehead atoms. The lowest BCUT2D eigenvalue weighted by atomic mass is 9.80. The molecule has 1 saturated carbocycles. The third-order valence-electron chi connectivity index (χ3n) is 6.91. The van der Waals surface area contributed by atoms with Crippen molar-refractivity contribution < 1.29 is 9.53 Å². The number of carbonyl (C=O) groups excluding carboxylic acids is 1. The smallest absolute Gasteiger partial charge is 0.345 e. The molecule has 1 saturated heterocycles. The van der Waals surface area contributed by atoms with Crippen LogP contribution in [0.5, 0.6) is 0 Å². The topological polar surface area (TPSA) is 93.4 Å². The molecular weight excluding hydrogens is 384 g/mol. The fraction of sp³-hybridized carbons (Fsp3) is 0.857. The summed E-state index contributed by atoms with van der Waals surface area (Å²) < 4.78 is 8.87. The van der Waals surface area contributed by atoms with E-state index < -0.39 is 0 Å². The fourth-order valence-corrected chi connectivity index (χ4v) is 5.18. The van der Waals surface area contributed by atoms with Gasteiger partial charge in [-0.2, -0.15) is 5.10 Å². The van der Waals surface area contributed by atoms with Crippen molar-refractivity contribution in [1.29, 1.82) is 0 Å². The highest BCUT2D eigenvalue weighted by Gasteiger charge is 2.38. The molecule has 30 heavy (non-hydrogen) atoms. The minimum absolute atomic E-state index is 0.0149. The number of hydrogen-bond donors (Lipinski definition) is 2. The second kappa shape index (κ2) is 9.96. The molecule has 4 rings (SSSR count). The van der Waals surface area contributed by atoms with Crippen LogP contribution in [0.2, 0.25) is 0 Å². The van der Waals surface area contributed by atoms with E-state index in [0.717, 1.165) is 70.8 Å². The Bertz CT molecular complexity index is 761. The largest absolute Gasteiger partial charge is 0.379 e. The second-order valence-electron chi connectivity index (χ2n) is 8.88. The number of amides is 2. The normalized spacial score (nSPS) is 21.7. The summed E-state index contributed by atoms with van der Waals surface area (Å²) in [5.41, 5.74) is 0.0567. The second-order valence-corrected chi connectivity index (χ2v) is 8.88. The molecule has 3 heterocycles. The maximum atomic E-state index is 12.4. The van der Waals surface area contributed by atoms with Gasteiger partial charge in [0, 0.05) is 51.2 Å². The minimum Gasteiger partial charge on any atom is -0.379 e. The van der Waals surface area contributed by atoms with Crippen LogP contribution in [0.15, 0.2) is 4.79 Å². The molecule has 2 fully saturated rings. The monoisotopic (exact) mass is 420 g/mol. The van der Waals surface area contributed by atoms with Crippen molar-refractivity contribution in [2.45, 2.75) is 76.4 Å². The summed E-state index contributed by atoms with van der Waals surface area (Å²) in [7, 11) is 0. The van der Waals surface area contributed by atoms with Crippen LogP contribution in [0.1, 0.15) is 57.2 Å². The standard InChI is InChI=1S/C21H36N6O3/c28-19(22-10-6-12-27-20(29)26-11-5-2-7-18(26)24-27)23-17-21(8-3-1-4-9-21)25-13-15-30-16-14-25/h1-17H2,(H2,22,23,28). The highest BCUT2D eigenvalue weighted by atomic mass is 16.5. The van der Waals surface area contributed by atoms with Crippen molar-refractivity contribution in [1.82, 2.24) is 29.9 Å². The number of hydrogen-bond acceptors (Lipinski definition) is 5. The lowest BCUT2D eigenvalue weighted by Crippen LogP contribution is -2.60. The molecular formula is C21H36N6O3. The highest BCUT2D eigenvalue weighted by Crippen LogP contribution is 2.33. The molecule has 2 N–H and O–H groups in total. The summed E-state index contributed by atoms with van der Waals surface area (Å²) >= 11 is 0. The number of ether oxygens (including phenoxy) is 1. The Balaban J connectivity index is 1.21. The van der Waals surface area contributed by atoms with Crippen molar-refractivity contribution in [2.75, 3.05) is 39.4 Å². The molecule has 0 unspecified atom stereocenters. The minimum atomic E-state index is -0.121. The Labute approximate surface area is 178 Å². The quantitative estimate of drug-likeness (QED) is 0.645. The lowest BCUT2D eigenvalue weighted by Gasteiger charge is -2.48. The maximum Gasteiger partial charge on any atom is 0.345 e. The van der Waals surface area contributed by atoms with Gasteiger partial charge in [-0.15, -0.1) is 0 Å². The van der Waals surface area contributed by atoms with Crippen LogP contribution in [0.3, 0.4) is 0 Å². The van der Waals surface area contributed by atoms with Gasteiger partial charge in [-0.3, -0.25) is 9.47 Å². The van der Waals surface area contributed by atoms with E-state index in [9.17, 15) is 9.59 Å². The first-order valence-electron chi connectivity index (χ1n) is 11.7. The van der Waals surface area contributed by atoms with Gasteiger partial charge >= 0.3 is 11.7 Å². The number of carbonyl (C=O) groups is 1. The van der Waals surface area contributed by atoms with Crippen LogP contribution >= 0.6 is 0 Å². The Morgan fingerprint density at radius 2 is 1.83 bits per heavy atom. The lowest BCUT2D eigenvalue weighted by molar-refractivity contribution is -0.0357. The molecule has 2 aliphatic heterocycles. The van der Waals surface area contributed by atoms with E-state index >= 15 is 0 Å². The number of aryl methyl sites for hydroxylation is 2. The average Bonchev–Trinajstić information content (AvgIpc) is 3.12. The molecule has 9 heteroatoms. The summed E-state index contributed by atoms with van der Waals surface area (Å²) in [4.78, 5) is 27.3. The zero-order valence-corrected chi connectivity index (χ0v) is 18.0. The molecule has 0 spiro atoms. The average molecular weight is 421 g/mol. The van der Waals surface area contributed by atoms with Crippen molar-refractivity contribution in [2.24, 2.45) is 0 Å². The van der Waals surface area contributed by atoms with Gasteiger partial charge in [0.25, 0.3) is 0 Å². The van der Waals surface area contributed by atoms with E-state index in [-0.39, 0.29) is 17.3 Å². The van der Waals surface area contributed by atoms with Crippen molar-refractivity contribution in [3.05, 3.63) is 16.3 Å². The Morgan fingerprint density at radius 1 is 1.03 bits per heavy atom. The number of rotatable bonds is 7. The van der Waals surface area contributed by atoms with Gasteiger partial charge in [0.2, 0.25) is 0 Å². The summed E-state index contributed by atoms with van der Waals surface area (Å²) in [6.45, 7) is 6.00. The van der Waals surface area contributed by atoms with Gasteiger partial charge in [-0.25, -0.2) is 14.3 Å². The molecule has 0 aromatic carbocycles. The van der Waals surface area contributed by atoms with Gasteiger partial charge < -0.3 is 15.4 Å². The van der Waals surface area contributed by atoms with E-state index in [2.05, 4.69) is 20.6 Å². The van der Waals surface area contributed by atoms with E-state index in [1.807, 2.05) is 0 Å². The molecule has 3 aliphatic rings. The Kier molecular flexibility index (Phi) is 7.09. The van der Waals surface area contributed by atoms with E-state index in [4.69, 9.17) is 4.74 Å². The van der Waals surface area contributed by atoms with Crippen LogP contribution in [0.4, 0.5) is 4.79 Å². The predicted molar refractivity (Wildman–Crippen MR) is 114 cm³/mol. The van der Waals surface area contributed by atoms with Crippen LogP contribution in [0.25, 0.3) is 0 Å². The van der Waals surface area contributed by atoms with Crippen molar-refractivity contribution in [3.8, 4) is 0 Å². The molecule has 1 aromatic rings. The molecule has 2 amide bonds. The summed E-state index contributed by atoms with van der Waals surface area (Å²) in [6.07, 6.45) is 9.74. The number of nitrogens with one attached hydrogen (secondary N) is 2. The van der Waals surface area contributed by atoms with Gasteiger partial charge in [0.1, 0.15) is 5.82 Å². The number of morpholine rings is 1. The Hall–Kier alpha value is -1.87. The summed E-state index contributed by atoms with van der Waals surface area (Å²) in [6, 6.07) is -0.121. The third kappa shape index (κ3) is 4.88. The van der Waals surface area contributed by atoms with E-state index in [1.54, 1.807) is 9.25 Å². The van der Waals surface area contributed by atoms with E-state index in [0.29, 0.717) is 26.1 Å². The fourth-order valence-electron chi connectivity index (χ4n) is 5.18. The van der Waals surface area contributed by atoms with Crippen LogP contribution in [0, 0.1) is 0 Å². The third-order valence-corrected chi connectivity index (χ3v) is 6.91. The predicted octanol–water partition coefficient (Wildman–Crippen LogP) is 1.11. The van der Waals surface area contributed by atoms with Gasteiger partial charge in [-0.05, 0) is 32.1 Å². The number of aromatic nitrogens is 3. The van der Waals surface area contributed by atoms with Gasteiger partial charge in [-0.1, -0.05) is 19.3 Å². The molecule has 0 atom stereocenters. The van der Waals surface area contributed by atoms with Gasteiger partial charge in [0.05, 0.1) is 13.2 Å². The molecule has 1 aliphatic carbocycles. The number of nitrogens with zero attached hydrogens (tertiary/aromatic N) is 4. The maximum absolute atomic E-state index is 12.4. The first-order valence-corrected chi connectivity index (χ1v) is 11.7. The number of urea groups is 1. The number of fused-ring (bicyclic) bond motifs is 1. The SMILES string of the molecule is O=C(NCCCn1nc2n(c1=O)CCCC2)NCC1(N2CCOCC2)CCCCC1. The molecule has 0 radical (unpaired) electrons. The molecule has 9 nitrogen and oxygen atoms in total. The van der Waals surface area contributed by atoms with Gasteiger partial charge in [0.15, 0.2) is 0 Å². The zero-order chi connectivity index (χ0) is 20.8. The van der Waals surface area contributed by atoms with Crippen LogP contribution in [-0.2, 0) is 24.2 Å². The first-order chi connectivity index (χ1) is 14.7. The Morgan fingerprint density at radius 3 is 2.60 bits per heavy atom. The first kappa shape index (κ1) is 21.4. The summed E-state index contributed by atoms with van der Waals surface area (Å²) in [5.74, 6) is 0.901. The summed E-state index contributed by atoms with van der Waals surface area (Å²) in [5, 5.41) is 10.5. The van der Waals surface area contributed by atoms with Crippen LogP contribution < -0.4 is 16.3 Å². The molecule has 168 valence electrons. The van der Waals surface area contributed by atoms with Crippen LogP contribution in [-0.4, -0.2) is 70.2 Å². The van der Waals surface area contributed by atoms with E-state index in [1.165, 1.54) is 19.3 Å².